The lowest BCUT2D eigenvalue weighted by atomic mass is 10.1. The quantitative estimate of drug-likeness (QED) is 0.805. The first-order valence-electron chi connectivity index (χ1n) is 7.35. The fraction of sp³-hybridized carbons (Fsp3) is 0.312. The van der Waals surface area contributed by atoms with Gasteiger partial charge in [-0.3, -0.25) is 4.79 Å². The summed E-state index contributed by atoms with van der Waals surface area (Å²) in [6.45, 7) is 1.22. The summed E-state index contributed by atoms with van der Waals surface area (Å²) in [6, 6.07) is 3.85. The van der Waals surface area contributed by atoms with Gasteiger partial charge < -0.3 is 14.1 Å². The Kier molecular flexibility index (Phi) is 4.92. The second kappa shape index (κ2) is 7.28. The molecule has 0 saturated carbocycles. The zero-order valence-corrected chi connectivity index (χ0v) is 13.1. The number of likely N-dealkylation sites (tertiary alicyclic amines) is 1. The van der Waals surface area contributed by atoms with Crippen LogP contribution in [0.5, 0.6) is 6.01 Å². The molecule has 1 fully saturated rings. The average molecular weight is 334 g/mol. The zero-order chi connectivity index (χ0) is 16.1. The Bertz CT molecular complexity index is 670. The van der Waals surface area contributed by atoms with Gasteiger partial charge in [-0.1, -0.05) is 11.6 Å². The monoisotopic (exact) mass is 333 g/mol. The highest BCUT2D eigenvalue weighted by Crippen LogP contribution is 2.17. The van der Waals surface area contributed by atoms with E-state index in [4.69, 9.17) is 20.8 Å². The van der Waals surface area contributed by atoms with E-state index in [1.807, 2.05) is 0 Å². The average Bonchev–Trinajstić information content (AvgIpc) is 3.08. The molecule has 1 aliphatic rings. The summed E-state index contributed by atoms with van der Waals surface area (Å²) >= 11 is 5.75. The summed E-state index contributed by atoms with van der Waals surface area (Å²) in [5.41, 5.74) is 0. The predicted octanol–water partition coefficient (Wildman–Crippen LogP) is 2.81. The van der Waals surface area contributed by atoms with Gasteiger partial charge in [-0.15, -0.1) is 0 Å². The highest BCUT2D eigenvalue weighted by Gasteiger charge is 2.24. The van der Waals surface area contributed by atoms with Gasteiger partial charge in [-0.25, -0.2) is 9.97 Å². The zero-order valence-electron chi connectivity index (χ0n) is 12.4. The largest absolute Gasteiger partial charge is 0.465 e. The van der Waals surface area contributed by atoms with E-state index in [2.05, 4.69) is 9.97 Å². The van der Waals surface area contributed by atoms with Gasteiger partial charge in [0.1, 0.15) is 11.9 Å². The van der Waals surface area contributed by atoms with Crippen LogP contribution in [0.25, 0.3) is 6.08 Å². The van der Waals surface area contributed by atoms with Crippen molar-refractivity contribution in [2.24, 2.45) is 0 Å². The van der Waals surface area contributed by atoms with Crippen LogP contribution in [0.2, 0.25) is 5.02 Å². The van der Waals surface area contributed by atoms with Crippen LogP contribution in [0, 0.1) is 0 Å². The fourth-order valence-corrected chi connectivity index (χ4v) is 2.49. The van der Waals surface area contributed by atoms with Gasteiger partial charge in [0.2, 0.25) is 5.91 Å². The first kappa shape index (κ1) is 15.6. The molecule has 1 unspecified atom stereocenters. The van der Waals surface area contributed by atoms with Gasteiger partial charge in [-0.05, 0) is 31.1 Å². The summed E-state index contributed by atoms with van der Waals surface area (Å²) in [4.78, 5) is 22.0. The molecule has 1 amide bonds. The Balaban J connectivity index is 1.57. The standard InChI is InChI=1S/C16H16ClN3O3/c17-12-9-18-16(19-10-12)23-14-3-1-7-20(11-14)15(21)6-5-13-4-2-8-22-13/h2,4-6,8-10,14H,1,3,7,11H2/b6-5+. The summed E-state index contributed by atoms with van der Waals surface area (Å²) in [6.07, 6.45) is 9.33. The van der Waals surface area contributed by atoms with E-state index in [0.717, 1.165) is 12.8 Å². The Labute approximate surface area is 138 Å². The molecule has 6 nitrogen and oxygen atoms in total. The maximum Gasteiger partial charge on any atom is 0.316 e. The van der Waals surface area contributed by atoms with Crippen LogP contribution in [0.4, 0.5) is 0 Å². The lowest BCUT2D eigenvalue weighted by Gasteiger charge is -2.31. The molecule has 2 aromatic rings. The fourth-order valence-electron chi connectivity index (χ4n) is 2.39. The minimum atomic E-state index is -0.120. The SMILES string of the molecule is O=C(/C=C/c1ccco1)N1CCCC(Oc2ncc(Cl)cn2)C1. The van der Waals surface area contributed by atoms with E-state index in [9.17, 15) is 4.79 Å². The first-order chi connectivity index (χ1) is 11.2. The molecule has 0 spiro atoms. The van der Waals surface area contributed by atoms with Gasteiger partial charge >= 0.3 is 6.01 Å². The molecular weight excluding hydrogens is 318 g/mol. The van der Waals surface area contributed by atoms with Gasteiger partial charge in [0.25, 0.3) is 0 Å². The highest BCUT2D eigenvalue weighted by molar-refractivity contribution is 6.30. The van der Waals surface area contributed by atoms with Crippen LogP contribution < -0.4 is 4.74 Å². The van der Waals surface area contributed by atoms with Crippen molar-refractivity contribution in [1.29, 1.82) is 0 Å². The second-order valence-electron chi connectivity index (χ2n) is 5.20. The highest BCUT2D eigenvalue weighted by atomic mass is 35.5. The molecule has 0 aromatic carbocycles. The van der Waals surface area contributed by atoms with Crippen molar-refractivity contribution < 1.29 is 13.9 Å². The van der Waals surface area contributed by atoms with Crippen molar-refractivity contribution in [3.8, 4) is 6.01 Å². The van der Waals surface area contributed by atoms with Gasteiger partial charge in [-0.2, -0.15) is 0 Å². The number of rotatable bonds is 4. The first-order valence-corrected chi connectivity index (χ1v) is 7.73. The lowest BCUT2D eigenvalue weighted by molar-refractivity contribution is -0.128. The third kappa shape index (κ3) is 4.32. The summed E-state index contributed by atoms with van der Waals surface area (Å²) < 4.78 is 10.9. The van der Waals surface area contributed by atoms with E-state index in [1.165, 1.54) is 18.5 Å². The molecular formula is C16H16ClN3O3. The van der Waals surface area contributed by atoms with Crippen molar-refractivity contribution in [2.75, 3.05) is 13.1 Å². The predicted molar refractivity (Wildman–Crippen MR) is 85.0 cm³/mol. The molecule has 1 atom stereocenters. The van der Waals surface area contributed by atoms with Crippen LogP contribution in [0.3, 0.4) is 0 Å². The molecule has 0 bridgehead atoms. The molecule has 0 radical (unpaired) electrons. The molecule has 7 heteroatoms. The molecule has 1 saturated heterocycles. The van der Waals surface area contributed by atoms with Crippen molar-refractivity contribution in [1.82, 2.24) is 14.9 Å². The number of nitrogens with zero attached hydrogens (tertiary/aromatic N) is 3. The van der Waals surface area contributed by atoms with E-state index < -0.39 is 0 Å². The minimum absolute atomic E-state index is 0.0632. The van der Waals surface area contributed by atoms with Gasteiger partial charge in [0.05, 0.1) is 30.2 Å². The number of hydrogen-bond donors (Lipinski definition) is 0. The van der Waals surface area contributed by atoms with Crippen LogP contribution in [-0.4, -0.2) is 40.0 Å². The Morgan fingerprint density at radius 3 is 3.00 bits per heavy atom. The number of piperidine rings is 1. The van der Waals surface area contributed by atoms with Crippen LogP contribution in [-0.2, 0) is 4.79 Å². The van der Waals surface area contributed by atoms with E-state index >= 15 is 0 Å². The van der Waals surface area contributed by atoms with Crippen molar-refractivity contribution >= 4 is 23.6 Å². The normalized spacial score (nSPS) is 18.3. The minimum Gasteiger partial charge on any atom is -0.465 e. The van der Waals surface area contributed by atoms with E-state index in [0.29, 0.717) is 23.9 Å². The number of furan rings is 1. The molecule has 3 heterocycles. The number of carbonyl (C=O) groups is 1. The van der Waals surface area contributed by atoms with Crippen LogP contribution in [0.1, 0.15) is 18.6 Å². The summed E-state index contributed by atoms with van der Waals surface area (Å²) in [5, 5.41) is 0.459. The summed E-state index contributed by atoms with van der Waals surface area (Å²) in [5.74, 6) is 0.587. The lowest BCUT2D eigenvalue weighted by Crippen LogP contribution is -2.43. The summed E-state index contributed by atoms with van der Waals surface area (Å²) in [7, 11) is 0. The molecule has 1 aliphatic heterocycles. The molecule has 0 N–H and O–H groups in total. The number of carbonyl (C=O) groups excluding carboxylic acids is 1. The van der Waals surface area contributed by atoms with Gasteiger partial charge in [0, 0.05) is 12.6 Å². The Morgan fingerprint density at radius 1 is 1.43 bits per heavy atom. The van der Waals surface area contributed by atoms with Crippen LogP contribution in [0.15, 0.2) is 41.3 Å². The number of hydrogen-bond acceptors (Lipinski definition) is 5. The van der Waals surface area contributed by atoms with E-state index in [1.54, 1.807) is 29.4 Å². The van der Waals surface area contributed by atoms with E-state index in [-0.39, 0.29) is 18.0 Å². The number of aromatic nitrogens is 2. The van der Waals surface area contributed by atoms with Crippen molar-refractivity contribution in [3.05, 3.63) is 47.6 Å². The third-order valence-corrected chi connectivity index (χ3v) is 3.69. The molecule has 0 aliphatic carbocycles. The Morgan fingerprint density at radius 2 is 2.26 bits per heavy atom. The Hall–Kier alpha value is -2.34. The maximum atomic E-state index is 12.2. The number of amides is 1. The second-order valence-corrected chi connectivity index (χ2v) is 5.64. The molecule has 23 heavy (non-hydrogen) atoms. The molecule has 120 valence electrons. The van der Waals surface area contributed by atoms with Crippen molar-refractivity contribution in [3.63, 3.8) is 0 Å². The van der Waals surface area contributed by atoms with Crippen molar-refractivity contribution in [2.45, 2.75) is 18.9 Å². The number of ether oxygens (including phenoxy) is 1. The number of halogens is 1. The van der Waals surface area contributed by atoms with Crippen LogP contribution >= 0.6 is 11.6 Å². The molecule has 3 rings (SSSR count). The van der Waals surface area contributed by atoms with Gasteiger partial charge in [0.15, 0.2) is 0 Å². The maximum absolute atomic E-state index is 12.2. The third-order valence-electron chi connectivity index (χ3n) is 3.49. The smallest absolute Gasteiger partial charge is 0.316 e. The molecule has 2 aromatic heterocycles. The topological polar surface area (TPSA) is 68.5 Å².